The van der Waals surface area contributed by atoms with Crippen LogP contribution in [0.25, 0.3) is 0 Å². The van der Waals surface area contributed by atoms with Gasteiger partial charge in [-0.3, -0.25) is 0 Å². The molecule has 0 amide bonds. The molecule has 0 fully saturated rings. The van der Waals surface area contributed by atoms with Crippen LogP contribution in [-0.2, 0) is 18.9 Å². The third-order valence-electron chi connectivity index (χ3n) is 7.21. The van der Waals surface area contributed by atoms with Crippen LogP contribution in [0.1, 0.15) is 20.8 Å². The predicted molar refractivity (Wildman–Crippen MR) is 156 cm³/mol. The first-order chi connectivity index (χ1) is 23.1. The van der Waals surface area contributed by atoms with Gasteiger partial charge in [-0.15, -0.1) is 6.58 Å². The van der Waals surface area contributed by atoms with Gasteiger partial charge in [-0.1, -0.05) is 6.08 Å². The molecule has 0 aliphatic heterocycles. The Morgan fingerprint density at radius 2 is 1.16 bits per heavy atom. The molecule has 11 nitrogen and oxygen atoms in total. The summed E-state index contributed by atoms with van der Waals surface area (Å²) in [6.07, 6.45) is -24.2. The molecule has 0 aliphatic rings. The molecule has 0 saturated heterocycles. The second-order valence-corrected chi connectivity index (χ2v) is 12.0. The van der Waals surface area contributed by atoms with E-state index in [1.807, 2.05) is 0 Å². The highest BCUT2D eigenvalue weighted by atomic mass is 19.4. The minimum absolute atomic E-state index is 0.00957. The summed E-state index contributed by atoms with van der Waals surface area (Å²) in [5, 5.41) is 45.7. The standard InChI is InChI=1S/C28H47F12N3O8/c1-5-6-41-9-19(45)10-43-12-21(47)14-49-17-25(31,28(38,39)40)51-22(3,4)24(30,27(35,36)37)16-50-18(2)23(29,26(32,33)34)15-48-13-20(46)11-42-7-8-44/h5,18-21,41-47H,1,6-17H2,2-4H3. The molecule has 0 bridgehead atoms. The zero-order chi connectivity index (χ0) is 40.0. The van der Waals surface area contributed by atoms with Gasteiger partial charge in [0.2, 0.25) is 0 Å². The van der Waals surface area contributed by atoms with E-state index in [4.69, 9.17) is 5.11 Å². The van der Waals surface area contributed by atoms with Crippen molar-refractivity contribution in [2.75, 3.05) is 78.9 Å². The summed E-state index contributed by atoms with van der Waals surface area (Å²) in [5.41, 5.74) is -13.9. The molecule has 0 aromatic rings. The van der Waals surface area contributed by atoms with Gasteiger partial charge in [0.15, 0.2) is 0 Å². The van der Waals surface area contributed by atoms with Crippen LogP contribution in [0, 0.1) is 0 Å². The molecule has 7 N–H and O–H groups in total. The first-order valence-electron chi connectivity index (χ1n) is 15.3. The lowest BCUT2D eigenvalue weighted by atomic mass is 9.86. The lowest BCUT2D eigenvalue weighted by molar-refractivity contribution is -0.405. The van der Waals surface area contributed by atoms with E-state index < -0.39 is 105 Å². The van der Waals surface area contributed by atoms with Crippen LogP contribution in [0.4, 0.5) is 52.7 Å². The van der Waals surface area contributed by atoms with Crippen molar-refractivity contribution in [2.45, 2.75) is 86.5 Å². The fourth-order valence-corrected chi connectivity index (χ4v) is 4.03. The zero-order valence-corrected chi connectivity index (χ0v) is 28.0. The van der Waals surface area contributed by atoms with Gasteiger partial charge in [-0.05, 0) is 20.8 Å². The average molecular weight is 782 g/mol. The second kappa shape index (κ2) is 20.8. The van der Waals surface area contributed by atoms with Gasteiger partial charge in [0, 0.05) is 39.3 Å². The third-order valence-corrected chi connectivity index (χ3v) is 7.21. The van der Waals surface area contributed by atoms with Crippen molar-refractivity contribution in [3.63, 3.8) is 0 Å². The number of nitrogens with one attached hydrogen (secondary N) is 3. The summed E-state index contributed by atoms with van der Waals surface area (Å²) in [6.45, 7) is -6.09. The molecule has 51 heavy (non-hydrogen) atoms. The van der Waals surface area contributed by atoms with Crippen LogP contribution < -0.4 is 16.0 Å². The Morgan fingerprint density at radius 3 is 1.63 bits per heavy atom. The fraction of sp³-hybridized carbons (Fsp3) is 0.929. The SMILES string of the molecule is C=CCNCC(O)CNCC(O)COCC(F)(OC(C)(C)C(F)(COC(C)C(F)(COCC(O)CNCCO)C(F)(F)F)C(F)(F)F)C(F)(F)F. The number of halogens is 12. The summed E-state index contributed by atoms with van der Waals surface area (Å²) in [7, 11) is 0. The Kier molecular flexibility index (Phi) is 20.2. The first kappa shape index (κ1) is 49.5. The lowest BCUT2D eigenvalue weighted by Gasteiger charge is -2.45. The minimum atomic E-state index is -6.32. The zero-order valence-electron chi connectivity index (χ0n) is 28.0. The van der Waals surface area contributed by atoms with Crippen molar-refractivity contribution < 1.29 is 92.1 Å². The molecule has 0 heterocycles. The van der Waals surface area contributed by atoms with Gasteiger partial charge >= 0.3 is 24.4 Å². The molecule has 306 valence electrons. The lowest BCUT2D eigenvalue weighted by Crippen LogP contribution is -2.66. The van der Waals surface area contributed by atoms with Gasteiger partial charge in [-0.25, -0.2) is 8.78 Å². The molecule has 0 aromatic heterocycles. The highest BCUT2D eigenvalue weighted by molar-refractivity contribution is 5.04. The monoisotopic (exact) mass is 781 g/mol. The van der Waals surface area contributed by atoms with E-state index >= 15 is 13.2 Å². The summed E-state index contributed by atoms with van der Waals surface area (Å²) >= 11 is 0. The van der Waals surface area contributed by atoms with Crippen molar-refractivity contribution in [1.82, 2.24) is 16.0 Å². The van der Waals surface area contributed by atoms with Crippen molar-refractivity contribution in [2.24, 2.45) is 0 Å². The van der Waals surface area contributed by atoms with Crippen LogP contribution >= 0.6 is 0 Å². The smallest absolute Gasteiger partial charge is 0.395 e. The molecular formula is C28H47F12N3O8. The molecule has 7 unspecified atom stereocenters. The Morgan fingerprint density at radius 1 is 0.667 bits per heavy atom. The average Bonchev–Trinajstić information content (AvgIpc) is 2.97. The molecule has 23 heteroatoms. The Hall–Kier alpha value is -1.54. The summed E-state index contributed by atoms with van der Waals surface area (Å²) in [6, 6.07) is 0. The van der Waals surface area contributed by atoms with Crippen LogP contribution in [0.15, 0.2) is 12.7 Å². The van der Waals surface area contributed by atoms with Gasteiger partial charge in [0.05, 0.1) is 51.3 Å². The predicted octanol–water partition coefficient (Wildman–Crippen LogP) is 2.02. The maximum Gasteiger partial charge on any atom is 0.450 e. The molecular weight excluding hydrogens is 734 g/mol. The number of hydrogen-bond acceptors (Lipinski definition) is 11. The first-order valence-corrected chi connectivity index (χ1v) is 15.3. The van der Waals surface area contributed by atoms with Crippen molar-refractivity contribution in [3.8, 4) is 0 Å². The topological polar surface area (TPSA) is 154 Å². The summed E-state index contributed by atoms with van der Waals surface area (Å²) in [4.78, 5) is 0. The largest absolute Gasteiger partial charge is 0.450 e. The van der Waals surface area contributed by atoms with E-state index in [9.17, 15) is 54.8 Å². The van der Waals surface area contributed by atoms with E-state index in [1.54, 1.807) is 0 Å². The Balaban J connectivity index is 5.79. The Bertz CT molecular complexity index is 998. The fourth-order valence-electron chi connectivity index (χ4n) is 4.03. The van der Waals surface area contributed by atoms with E-state index in [-0.39, 0.29) is 53.6 Å². The van der Waals surface area contributed by atoms with E-state index in [1.165, 1.54) is 6.08 Å². The van der Waals surface area contributed by atoms with Crippen LogP contribution in [0.5, 0.6) is 0 Å². The van der Waals surface area contributed by atoms with Crippen LogP contribution in [-0.4, -0.2) is 165 Å². The maximum absolute atomic E-state index is 15.8. The third kappa shape index (κ3) is 15.4. The van der Waals surface area contributed by atoms with Gasteiger partial charge in [-0.2, -0.15) is 43.9 Å². The number of rotatable bonds is 27. The maximum atomic E-state index is 15.8. The summed E-state index contributed by atoms with van der Waals surface area (Å²) < 4.78 is 188. The highest BCUT2D eigenvalue weighted by Crippen LogP contribution is 2.49. The second-order valence-electron chi connectivity index (χ2n) is 12.0. The number of alkyl halides is 12. The Labute approximate surface area is 286 Å². The van der Waals surface area contributed by atoms with Crippen LogP contribution in [0.3, 0.4) is 0 Å². The molecule has 0 saturated carbocycles. The molecule has 0 aliphatic carbocycles. The van der Waals surface area contributed by atoms with E-state index in [0.29, 0.717) is 6.54 Å². The molecule has 7 atom stereocenters. The number of ether oxygens (including phenoxy) is 4. The molecule has 0 spiro atoms. The minimum Gasteiger partial charge on any atom is -0.395 e. The van der Waals surface area contributed by atoms with Gasteiger partial charge in [0.1, 0.15) is 18.3 Å². The molecule has 0 rings (SSSR count). The van der Waals surface area contributed by atoms with E-state index in [2.05, 4.69) is 41.5 Å². The normalized spacial score (nSPS) is 19.4. The number of hydrogen-bond donors (Lipinski definition) is 7. The highest BCUT2D eigenvalue weighted by Gasteiger charge is 2.71. The van der Waals surface area contributed by atoms with Gasteiger partial charge < -0.3 is 55.3 Å². The van der Waals surface area contributed by atoms with Gasteiger partial charge in [0.25, 0.3) is 11.3 Å². The molecule has 0 aromatic carbocycles. The van der Waals surface area contributed by atoms with Crippen molar-refractivity contribution >= 4 is 0 Å². The van der Waals surface area contributed by atoms with Crippen LogP contribution in [0.2, 0.25) is 0 Å². The number of aliphatic hydroxyl groups is 4. The summed E-state index contributed by atoms with van der Waals surface area (Å²) in [5.74, 6) is -5.21. The van der Waals surface area contributed by atoms with E-state index in [0.717, 1.165) is 0 Å². The van der Waals surface area contributed by atoms with Crippen molar-refractivity contribution in [3.05, 3.63) is 12.7 Å². The van der Waals surface area contributed by atoms with Crippen molar-refractivity contribution in [1.29, 1.82) is 0 Å². The number of aliphatic hydroxyl groups excluding tert-OH is 4. The quantitative estimate of drug-likeness (QED) is 0.0373. The molecule has 0 radical (unpaired) electrons.